The lowest BCUT2D eigenvalue weighted by Gasteiger charge is -2.45. The quantitative estimate of drug-likeness (QED) is 0.109. The van der Waals surface area contributed by atoms with E-state index >= 15 is 0 Å². The molecule has 16 N–H and O–H groups in total. The number of aliphatic carboxylic acids is 1. The van der Waals surface area contributed by atoms with Crippen molar-refractivity contribution in [2.24, 2.45) is 29.2 Å². The summed E-state index contributed by atoms with van der Waals surface area (Å²) < 4.78 is 23.5. The molecular weight excluding hydrogens is 967 g/mol. The molecule has 3 heterocycles. The highest BCUT2D eigenvalue weighted by atomic mass is 16.7. The predicted octanol–water partition coefficient (Wildman–Crippen LogP) is 0.326. The molecule has 0 aliphatic carbocycles. The molecule has 21 heteroatoms. The van der Waals surface area contributed by atoms with Gasteiger partial charge in [0, 0.05) is 31.1 Å². The minimum absolute atomic E-state index is 0.166. The van der Waals surface area contributed by atoms with E-state index in [-0.39, 0.29) is 31.6 Å². The first kappa shape index (κ1) is 64.3. The number of cyclic esters (lactones) is 1. The van der Waals surface area contributed by atoms with Crippen LogP contribution in [0.1, 0.15) is 98.3 Å². The van der Waals surface area contributed by atoms with Crippen molar-refractivity contribution in [2.45, 2.75) is 202 Å². The number of amides is 1. The van der Waals surface area contributed by atoms with Crippen molar-refractivity contribution < 1.29 is 89.5 Å². The number of carboxylic acids is 1. The molecule has 0 aromatic carbocycles. The van der Waals surface area contributed by atoms with E-state index in [2.05, 4.69) is 5.32 Å². The number of hydrogen-bond donors (Lipinski definition) is 14. The highest BCUT2D eigenvalue weighted by molar-refractivity contribution is 5.81. The highest BCUT2D eigenvalue weighted by Gasteiger charge is 2.51. The average Bonchev–Trinajstić information content (AvgIpc) is 3.32. The SMILES string of the molecule is C[C@@H]1[C@H](O)[C@@H](C)/C=C/C=C/C=C/C=C/C=C/C=C/C=C/[C@H](O[C@H]2O[C@@H](C)[C@H](O)[C@@H](NC(=O)C(N)CCCCN)[C@H]2O)C[C@@H]2O[C@](O)(C[C@@H](O)[C@H](O)CC[C@@H](O)C[C@@H](O)C[C@@H](O)CC(=O)O[C@H]1C)C[C@H](O)[C@H]2C(=O)O. The number of carboxylic acid groups (broad SMARTS) is 1. The van der Waals surface area contributed by atoms with Gasteiger partial charge >= 0.3 is 11.9 Å². The van der Waals surface area contributed by atoms with E-state index < -0.39 is 159 Å². The molecule has 420 valence electrons. The Morgan fingerprint density at radius 1 is 0.716 bits per heavy atom. The number of aliphatic hydroxyl groups excluding tert-OH is 9. The van der Waals surface area contributed by atoms with E-state index in [4.69, 9.17) is 30.4 Å². The summed E-state index contributed by atoms with van der Waals surface area (Å²) in [6.45, 7) is 7.09. The van der Waals surface area contributed by atoms with Gasteiger partial charge in [0.15, 0.2) is 12.1 Å². The molecule has 3 aliphatic heterocycles. The van der Waals surface area contributed by atoms with Gasteiger partial charge in [-0.1, -0.05) is 105 Å². The lowest BCUT2D eigenvalue weighted by molar-refractivity contribution is -0.310. The fraction of sp³-hybridized carbons (Fsp3) is 0.679. The Bertz CT molecular complexity index is 1910. The molecule has 0 spiro atoms. The fourth-order valence-electron chi connectivity index (χ4n) is 9.00. The van der Waals surface area contributed by atoms with Crippen LogP contribution >= 0.6 is 0 Å². The summed E-state index contributed by atoms with van der Waals surface area (Å²) in [5.74, 6) is -7.73. The third kappa shape index (κ3) is 21.9. The molecule has 0 aromatic heterocycles. The Balaban J connectivity index is 1.92. The third-order valence-electron chi connectivity index (χ3n) is 13.6. The number of aliphatic hydroxyl groups is 10. The number of ether oxygens (including phenoxy) is 4. The zero-order chi connectivity index (χ0) is 55.1. The Hall–Kier alpha value is -4.01. The average molecular weight is 1050 g/mol. The maximum absolute atomic E-state index is 13.1. The minimum Gasteiger partial charge on any atom is -0.481 e. The normalized spacial score (nSPS) is 41.8. The molecule has 1 amide bonds. The first-order chi connectivity index (χ1) is 35.0. The summed E-state index contributed by atoms with van der Waals surface area (Å²) >= 11 is 0. The highest BCUT2D eigenvalue weighted by Crippen LogP contribution is 2.38. The summed E-state index contributed by atoms with van der Waals surface area (Å²) in [5, 5.41) is 123. The van der Waals surface area contributed by atoms with E-state index in [0.29, 0.717) is 25.8 Å². The summed E-state index contributed by atoms with van der Waals surface area (Å²) in [6.07, 6.45) is 3.36. The molecule has 21 nitrogen and oxygen atoms in total. The second kappa shape index (κ2) is 32.5. The molecule has 20 atom stereocenters. The van der Waals surface area contributed by atoms with Gasteiger partial charge in [-0.15, -0.1) is 0 Å². The summed E-state index contributed by atoms with van der Waals surface area (Å²) in [7, 11) is 0. The first-order valence-corrected chi connectivity index (χ1v) is 25.7. The Kier molecular flexibility index (Phi) is 28.3. The number of allylic oxidation sites excluding steroid dienone is 12. The van der Waals surface area contributed by atoms with Crippen LogP contribution in [0.15, 0.2) is 85.1 Å². The van der Waals surface area contributed by atoms with E-state index in [1.165, 1.54) is 13.0 Å². The van der Waals surface area contributed by atoms with Crippen molar-refractivity contribution in [1.29, 1.82) is 0 Å². The van der Waals surface area contributed by atoms with E-state index in [0.717, 1.165) is 0 Å². The number of hydrogen-bond acceptors (Lipinski definition) is 19. The summed E-state index contributed by atoms with van der Waals surface area (Å²) in [4.78, 5) is 38.4. The number of nitrogens with one attached hydrogen (secondary N) is 1. The molecule has 0 saturated carbocycles. The van der Waals surface area contributed by atoms with Crippen molar-refractivity contribution >= 4 is 17.8 Å². The van der Waals surface area contributed by atoms with Gasteiger partial charge in [0.25, 0.3) is 0 Å². The van der Waals surface area contributed by atoms with Crippen molar-refractivity contribution in [3.05, 3.63) is 85.1 Å². The third-order valence-corrected chi connectivity index (χ3v) is 13.6. The molecule has 1 unspecified atom stereocenters. The van der Waals surface area contributed by atoms with Crippen molar-refractivity contribution in [3.8, 4) is 0 Å². The zero-order valence-corrected chi connectivity index (χ0v) is 43.0. The number of rotatable bonds is 9. The van der Waals surface area contributed by atoms with Crippen LogP contribution in [0, 0.1) is 17.8 Å². The van der Waals surface area contributed by atoms with Gasteiger partial charge in [-0.2, -0.15) is 0 Å². The van der Waals surface area contributed by atoms with Crippen LogP contribution in [0.4, 0.5) is 0 Å². The van der Waals surface area contributed by atoms with Crippen molar-refractivity contribution in [3.63, 3.8) is 0 Å². The smallest absolute Gasteiger partial charge is 0.311 e. The van der Waals surface area contributed by atoms with Crippen LogP contribution in [0.5, 0.6) is 0 Å². The Labute approximate surface area is 434 Å². The standard InChI is InChI=1S/C53H85N3O18/c1-31-19-15-13-11-9-7-5-6-8-10-12-14-16-20-38(73-52-49(66)46(48(65)34(4)72-52)56-50(67)39(55)21-17-18-24-54)28-43-45(51(68)69)42(62)30-53(70,74-43)29-41(61)40(60)23-22-35(57)25-36(58)26-37(59)27-44(63)71-33(3)32(2)47(31)64/h5-16,19-20,31-43,45-49,52,57-62,64-66,70H,17-18,21-30,54-55H2,1-4H3,(H,56,67)(H,68,69)/b6-5+,9-7+,10-8+,13-11+,14-12+,19-15+,20-16+/t31-,32-,33-,34-,35+,36+,37+,38-,39?,40+,41+,42-,43-,45+,46+,47+,48-,49+,52+,53+/m0/s1. The monoisotopic (exact) mass is 1050 g/mol. The number of nitrogens with two attached hydrogens (primary N) is 2. The van der Waals surface area contributed by atoms with Gasteiger partial charge in [0.2, 0.25) is 5.91 Å². The maximum atomic E-state index is 13.1. The maximum Gasteiger partial charge on any atom is 0.311 e. The van der Waals surface area contributed by atoms with E-state index in [1.807, 2.05) is 13.0 Å². The molecule has 2 bridgehead atoms. The first-order valence-electron chi connectivity index (χ1n) is 25.7. The molecule has 3 aliphatic rings. The van der Waals surface area contributed by atoms with E-state index in [1.54, 1.807) is 86.8 Å². The van der Waals surface area contributed by atoms with Crippen LogP contribution < -0.4 is 16.8 Å². The Morgan fingerprint density at radius 3 is 1.88 bits per heavy atom. The van der Waals surface area contributed by atoms with Gasteiger partial charge in [0.1, 0.15) is 24.2 Å². The number of fused-ring (bicyclic) bond motifs is 2. The van der Waals surface area contributed by atoms with Gasteiger partial charge in [-0.25, -0.2) is 0 Å². The minimum atomic E-state index is -2.42. The van der Waals surface area contributed by atoms with Crippen molar-refractivity contribution in [2.75, 3.05) is 6.54 Å². The molecule has 2 fully saturated rings. The molecule has 0 aromatic rings. The lowest BCUT2D eigenvalue weighted by atomic mass is 9.82. The summed E-state index contributed by atoms with van der Waals surface area (Å²) in [5.41, 5.74) is 11.6. The molecule has 2 saturated heterocycles. The topological polar surface area (TPSA) is 375 Å². The van der Waals surface area contributed by atoms with Crippen LogP contribution in [0.3, 0.4) is 0 Å². The lowest BCUT2D eigenvalue weighted by Crippen LogP contribution is -2.65. The molecular formula is C53H85N3O18. The van der Waals surface area contributed by atoms with Crippen LogP contribution in [-0.2, 0) is 33.3 Å². The second-order valence-corrected chi connectivity index (χ2v) is 19.9. The van der Waals surface area contributed by atoms with Gasteiger partial charge in [0.05, 0.1) is 79.5 Å². The number of esters is 1. The number of carbonyl (C=O) groups is 3. The Morgan fingerprint density at radius 2 is 1.28 bits per heavy atom. The van der Waals surface area contributed by atoms with Gasteiger partial charge < -0.3 is 91.9 Å². The van der Waals surface area contributed by atoms with Gasteiger partial charge in [-0.05, 0) is 58.9 Å². The molecule has 0 radical (unpaired) electrons. The number of carbonyl (C=O) groups excluding carboxylic acids is 2. The van der Waals surface area contributed by atoms with Gasteiger partial charge in [-0.3, -0.25) is 14.4 Å². The van der Waals surface area contributed by atoms with Crippen LogP contribution in [0.25, 0.3) is 0 Å². The van der Waals surface area contributed by atoms with Crippen LogP contribution in [-0.4, -0.2) is 184 Å². The second-order valence-electron chi connectivity index (χ2n) is 19.9. The van der Waals surface area contributed by atoms with Crippen molar-refractivity contribution in [1.82, 2.24) is 5.32 Å². The number of unbranched alkanes of at least 4 members (excludes halogenated alkanes) is 1. The largest absolute Gasteiger partial charge is 0.481 e. The molecule has 74 heavy (non-hydrogen) atoms. The predicted molar refractivity (Wildman–Crippen MR) is 272 cm³/mol. The fourth-order valence-corrected chi connectivity index (χ4v) is 9.00. The summed E-state index contributed by atoms with van der Waals surface area (Å²) in [6, 6.07) is -2.30. The van der Waals surface area contributed by atoms with Crippen LogP contribution in [0.2, 0.25) is 0 Å². The molecule has 3 rings (SSSR count). The van der Waals surface area contributed by atoms with E-state index in [9.17, 15) is 70.6 Å². The zero-order valence-electron chi connectivity index (χ0n) is 43.0.